The van der Waals surface area contributed by atoms with Gasteiger partial charge in [0.05, 0.1) is 12.8 Å². The summed E-state index contributed by atoms with van der Waals surface area (Å²) in [5, 5.41) is 9.43. The molecule has 0 atom stereocenters. The van der Waals surface area contributed by atoms with Crippen molar-refractivity contribution in [2.24, 2.45) is 5.84 Å². The van der Waals surface area contributed by atoms with Crippen LogP contribution >= 0.6 is 11.6 Å². The molecule has 0 radical (unpaired) electrons. The van der Waals surface area contributed by atoms with Gasteiger partial charge in [-0.2, -0.15) is 4.98 Å². The molecule has 1 aromatic rings. The number of anilines is 2. The van der Waals surface area contributed by atoms with E-state index >= 15 is 0 Å². The molecule has 0 aliphatic carbocycles. The van der Waals surface area contributed by atoms with E-state index in [2.05, 4.69) is 15.4 Å². The van der Waals surface area contributed by atoms with Crippen LogP contribution in [0.4, 0.5) is 11.8 Å². The second-order valence-corrected chi connectivity index (χ2v) is 3.93. The Hall–Kier alpha value is -1.11. The fourth-order valence-electron chi connectivity index (χ4n) is 1.35. The van der Waals surface area contributed by atoms with Gasteiger partial charge in [-0.1, -0.05) is 11.6 Å². The largest absolute Gasteiger partial charge is 0.395 e. The average molecular weight is 246 g/mol. The van der Waals surface area contributed by atoms with E-state index in [0.717, 1.165) is 0 Å². The van der Waals surface area contributed by atoms with Crippen LogP contribution in [-0.4, -0.2) is 34.3 Å². The summed E-state index contributed by atoms with van der Waals surface area (Å²) in [5.74, 6) is 6.09. The number of nitrogen functional groups attached to an aromatic ring is 1. The molecule has 0 aliphatic rings. The molecule has 1 rings (SSSR count). The lowest BCUT2D eigenvalue weighted by atomic mass is 10.3. The molecular weight excluding hydrogens is 230 g/mol. The molecule has 90 valence electrons. The Balaban J connectivity index is 3.06. The van der Waals surface area contributed by atoms with Crippen molar-refractivity contribution in [1.29, 1.82) is 0 Å². The molecule has 4 N–H and O–H groups in total. The molecule has 0 spiro atoms. The summed E-state index contributed by atoms with van der Waals surface area (Å²) < 4.78 is 0. The molecule has 0 saturated heterocycles. The predicted octanol–water partition coefficient (Wildman–Crippen LogP) is 0.623. The summed E-state index contributed by atoms with van der Waals surface area (Å²) >= 11 is 6.01. The first-order valence-electron chi connectivity index (χ1n) is 4.96. The van der Waals surface area contributed by atoms with E-state index in [1.54, 1.807) is 0 Å². The number of aliphatic hydroxyl groups is 1. The van der Waals surface area contributed by atoms with Gasteiger partial charge in [0, 0.05) is 12.6 Å². The Kier molecular flexibility index (Phi) is 4.72. The fourth-order valence-corrected chi connectivity index (χ4v) is 1.55. The van der Waals surface area contributed by atoms with Gasteiger partial charge >= 0.3 is 0 Å². The summed E-state index contributed by atoms with van der Waals surface area (Å²) in [5.41, 5.74) is 2.36. The van der Waals surface area contributed by atoms with E-state index in [1.165, 1.54) is 6.20 Å². The van der Waals surface area contributed by atoms with Gasteiger partial charge < -0.3 is 10.0 Å². The number of hydrogen-bond donors (Lipinski definition) is 3. The monoisotopic (exact) mass is 245 g/mol. The van der Waals surface area contributed by atoms with Crippen LogP contribution in [0.3, 0.4) is 0 Å². The maximum Gasteiger partial charge on any atom is 0.239 e. The van der Waals surface area contributed by atoms with E-state index in [1.807, 2.05) is 18.7 Å². The fraction of sp³-hybridized carbons (Fsp3) is 0.556. The summed E-state index contributed by atoms with van der Waals surface area (Å²) in [6, 6.07) is 0.171. The van der Waals surface area contributed by atoms with Crippen LogP contribution in [0, 0.1) is 0 Å². The zero-order valence-corrected chi connectivity index (χ0v) is 10.1. The molecule has 1 aromatic heterocycles. The number of rotatable bonds is 5. The smallest absolute Gasteiger partial charge is 0.239 e. The highest BCUT2D eigenvalue weighted by Crippen LogP contribution is 2.24. The van der Waals surface area contributed by atoms with Gasteiger partial charge in [0.25, 0.3) is 0 Å². The van der Waals surface area contributed by atoms with E-state index < -0.39 is 0 Å². The topological polar surface area (TPSA) is 87.3 Å². The normalized spacial score (nSPS) is 10.6. The molecule has 0 aromatic carbocycles. The van der Waals surface area contributed by atoms with Crippen molar-refractivity contribution in [2.75, 3.05) is 23.5 Å². The Morgan fingerprint density at radius 2 is 2.31 bits per heavy atom. The van der Waals surface area contributed by atoms with E-state index in [0.29, 0.717) is 23.3 Å². The van der Waals surface area contributed by atoms with Crippen molar-refractivity contribution in [2.45, 2.75) is 19.9 Å². The minimum atomic E-state index is 0.0316. The Morgan fingerprint density at radius 1 is 1.62 bits per heavy atom. The number of hydrazine groups is 1. The molecule has 0 saturated carbocycles. The molecule has 0 unspecified atom stereocenters. The SMILES string of the molecule is CC(C)N(CCO)c1nc(NN)ncc1Cl. The lowest BCUT2D eigenvalue weighted by Crippen LogP contribution is -2.34. The first-order chi connectivity index (χ1) is 7.60. The van der Waals surface area contributed by atoms with Crippen LogP contribution in [-0.2, 0) is 0 Å². The minimum absolute atomic E-state index is 0.0316. The maximum atomic E-state index is 9.00. The molecule has 16 heavy (non-hydrogen) atoms. The van der Waals surface area contributed by atoms with Crippen molar-refractivity contribution in [1.82, 2.24) is 9.97 Å². The number of halogens is 1. The van der Waals surface area contributed by atoms with Gasteiger partial charge in [-0.3, -0.25) is 5.43 Å². The highest BCUT2D eigenvalue weighted by molar-refractivity contribution is 6.32. The van der Waals surface area contributed by atoms with Crippen LogP contribution < -0.4 is 16.2 Å². The van der Waals surface area contributed by atoms with Crippen LogP contribution in [0.25, 0.3) is 0 Å². The first-order valence-corrected chi connectivity index (χ1v) is 5.34. The third kappa shape index (κ3) is 2.94. The van der Waals surface area contributed by atoms with Crippen molar-refractivity contribution in [3.8, 4) is 0 Å². The first kappa shape index (κ1) is 13.0. The Bertz CT molecular complexity index is 347. The van der Waals surface area contributed by atoms with Crippen molar-refractivity contribution >= 4 is 23.4 Å². The molecule has 7 heteroatoms. The lowest BCUT2D eigenvalue weighted by Gasteiger charge is -2.27. The van der Waals surface area contributed by atoms with Crippen LogP contribution in [0.2, 0.25) is 5.02 Å². The molecule has 1 heterocycles. The number of nitrogens with one attached hydrogen (secondary N) is 1. The van der Waals surface area contributed by atoms with E-state index in [9.17, 15) is 0 Å². The van der Waals surface area contributed by atoms with Gasteiger partial charge in [0.15, 0.2) is 5.82 Å². The molecular formula is C9H16ClN5O. The third-order valence-corrected chi connectivity index (χ3v) is 2.36. The van der Waals surface area contributed by atoms with Gasteiger partial charge in [-0.25, -0.2) is 10.8 Å². The Labute approximate surface area is 99.4 Å². The second-order valence-electron chi connectivity index (χ2n) is 3.52. The summed E-state index contributed by atoms with van der Waals surface area (Å²) in [4.78, 5) is 9.94. The summed E-state index contributed by atoms with van der Waals surface area (Å²) in [6.45, 7) is 4.47. The van der Waals surface area contributed by atoms with Crippen molar-refractivity contribution < 1.29 is 5.11 Å². The highest BCUT2D eigenvalue weighted by Gasteiger charge is 2.16. The number of aliphatic hydroxyl groups excluding tert-OH is 1. The van der Waals surface area contributed by atoms with Crippen LogP contribution in [0.1, 0.15) is 13.8 Å². The van der Waals surface area contributed by atoms with Crippen LogP contribution in [0.5, 0.6) is 0 Å². The number of aromatic nitrogens is 2. The summed E-state index contributed by atoms with van der Waals surface area (Å²) in [6.07, 6.45) is 1.48. The zero-order valence-electron chi connectivity index (χ0n) is 9.31. The average Bonchev–Trinajstić information content (AvgIpc) is 2.27. The van der Waals surface area contributed by atoms with E-state index in [4.69, 9.17) is 22.6 Å². The predicted molar refractivity (Wildman–Crippen MR) is 64.4 cm³/mol. The minimum Gasteiger partial charge on any atom is -0.395 e. The van der Waals surface area contributed by atoms with Crippen molar-refractivity contribution in [3.05, 3.63) is 11.2 Å². The molecule has 0 fully saturated rings. The van der Waals surface area contributed by atoms with Gasteiger partial charge in [0.2, 0.25) is 5.95 Å². The van der Waals surface area contributed by atoms with Gasteiger partial charge in [0.1, 0.15) is 5.02 Å². The molecule has 0 aliphatic heterocycles. The zero-order chi connectivity index (χ0) is 12.1. The number of nitrogens with two attached hydrogens (primary N) is 1. The summed E-state index contributed by atoms with van der Waals surface area (Å²) in [7, 11) is 0. The molecule has 6 nitrogen and oxygen atoms in total. The second kappa shape index (κ2) is 5.83. The van der Waals surface area contributed by atoms with Gasteiger partial charge in [-0.15, -0.1) is 0 Å². The Morgan fingerprint density at radius 3 is 2.81 bits per heavy atom. The van der Waals surface area contributed by atoms with Gasteiger partial charge in [-0.05, 0) is 13.8 Å². The van der Waals surface area contributed by atoms with Crippen molar-refractivity contribution in [3.63, 3.8) is 0 Å². The molecule has 0 amide bonds. The van der Waals surface area contributed by atoms with Crippen LogP contribution in [0.15, 0.2) is 6.20 Å². The highest BCUT2D eigenvalue weighted by atomic mass is 35.5. The lowest BCUT2D eigenvalue weighted by molar-refractivity contribution is 0.298. The number of nitrogens with zero attached hydrogens (tertiary/aromatic N) is 3. The third-order valence-electron chi connectivity index (χ3n) is 2.09. The van der Waals surface area contributed by atoms with E-state index in [-0.39, 0.29) is 12.6 Å². The number of hydrogen-bond acceptors (Lipinski definition) is 6. The standard InChI is InChI=1S/C9H16ClN5O/c1-6(2)15(3-4-16)8-7(10)5-12-9(13-8)14-11/h5-6,16H,3-4,11H2,1-2H3,(H,12,13,14). The maximum absolute atomic E-state index is 9.00. The molecule has 0 bridgehead atoms. The quantitative estimate of drug-likeness (QED) is 0.521.